The van der Waals surface area contributed by atoms with Gasteiger partial charge in [0.25, 0.3) is 0 Å². The summed E-state index contributed by atoms with van der Waals surface area (Å²) in [6.07, 6.45) is -1.44. The summed E-state index contributed by atoms with van der Waals surface area (Å²) >= 11 is 5.18. The second-order valence-corrected chi connectivity index (χ2v) is 9.75. The smallest absolute Gasteiger partial charge is 0.399 e. The minimum Gasteiger partial charge on any atom is -0.399 e. The van der Waals surface area contributed by atoms with Gasteiger partial charge in [0.15, 0.2) is 5.60 Å². The van der Waals surface area contributed by atoms with E-state index in [1.807, 2.05) is 4.90 Å². The van der Waals surface area contributed by atoms with Crippen molar-refractivity contribution in [2.75, 3.05) is 31.1 Å². The van der Waals surface area contributed by atoms with Crippen molar-refractivity contribution in [3.63, 3.8) is 0 Å². The van der Waals surface area contributed by atoms with E-state index in [0.29, 0.717) is 42.7 Å². The van der Waals surface area contributed by atoms with Gasteiger partial charge in [-0.3, -0.25) is 0 Å². The van der Waals surface area contributed by atoms with Gasteiger partial charge < -0.3 is 15.7 Å². The van der Waals surface area contributed by atoms with Crippen molar-refractivity contribution in [2.45, 2.75) is 25.1 Å². The zero-order valence-corrected chi connectivity index (χ0v) is 17.8. The van der Waals surface area contributed by atoms with E-state index >= 15 is 0 Å². The zero-order chi connectivity index (χ0) is 22.3. The van der Waals surface area contributed by atoms with E-state index in [4.69, 9.17) is 18.0 Å². The number of sulfonamides is 1. The first-order valence-corrected chi connectivity index (χ1v) is 11.0. The van der Waals surface area contributed by atoms with Gasteiger partial charge in [0.05, 0.1) is 4.91 Å². The molecule has 0 spiro atoms. The maximum atomic E-state index is 13.0. The summed E-state index contributed by atoms with van der Waals surface area (Å²) in [5, 5.41) is 9.77. The van der Waals surface area contributed by atoms with Crippen LogP contribution < -0.4 is 10.6 Å². The molecule has 0 aromatic heterocycles. The number of rotatable bonds is 4. The number of hydrogen-bond donors (Lipinski definition) is 2. The molecule has 1 fully saturated rings. The normalized spacial score (nSPS) is 21.1. The lowest BCUT2D eigenvalue weighted by Gasteiger charge is -2.36. The fourth-order valence-electron chi connectivity index (χ4n) is 3.31. The highest BCUT2D eigenvalue weighted by atomic mass is 32.2. The monoisotopic (exact) mass is 461 g/mol. The third kappa shape index (κ3) is 4.25. The molecule has 1 aromatic rings. The van der Waals surface area contributed by atoms with Gasteiger partial charge >= 0.3 is 6.18 Å². The molecule has 1 aromatic carbocycles. The number of nitrogens with zero attached hydrogens (tertiary/aromatic N) is 2. The Morgan fingerprint density at radius 2 is 1.67 bits per heavy atom. The molecule has 0 unspecified atom stereocenters. The molecule has 1 aliphatic carbocycles. The Kier molecular flexibility index (Phi) is 6.02. The molecule has 2 aliphatic rings. The molecule has 1 heterocycles. The Morgan fingerprint density at radius 1 is 1.10 bits per heavy atom. The number of alkyl halides is 3. The van der Waals surface area contributed by atoms with Crippen LogP contribution in [0.3, 0.4) is 0 Å². The topological polar surface area (TPSA) is 86.9 Å². The van der Waals surface area contributed by atoms with Crippen LogP contribution in [0.2, 0.25) is 0 Å². The average Bonchev–Trinajstić information content (AvgIpc) is 2.69. The minimum absolute atomic E-state index is 0.0460. The molecule has 0 radical (unpaired) electrons. The molecule has 6 nitrogen and oxygen atoms in total. The van der Waals surface area contributed by atoms with Crippen molar-refractivity contribution in [1.82, 2.24) is 4.31 Å². The number of aliphatic hydroxyl groups is 1. The van der Waals surface area contributed by atoms with Crippen molar-refractivity contribution < 1.29 is 26.7 Å². The average molecular weight is 462 g/mol. The van der Waals surface area contributed by atoms with E-state index in [-0.39, 0.29) is 23.6 Å². The van der Waals surface area contributed by atoms with Crippen LogP contribution in [0.25, 0.3) is 0 Å². The molecule has 0 amide bonds. The molecule has 0 saturated carbocycles. The number of benzene rings is 1. The predicted octanol–water partition coefficient (Wildman–Crippen LogP) is 2.41. The van der Waals surface area contributed by atoms with Crippen LogP contribution in [-0.4, -0.2) is 55.0 Å². The van der Waals surface area contributed by atoms with E-state index in [2.05, 4.69) is 0 Å². The van der Waals surface area contributed by atoms with Crippen LogP contribution >= 0.6 is 12.2 Å². The third-order valence-corrected chi connectivity index (χ3v) is 7.78. The van der Waals surface area contributed by atoms with Gasteiger partial charge in [0.1, 0.15) is 0 Å². The lowest BCUT2D eigenvalue weighted by atomic mass is 9.95. The molecule has 1 aliphatic heterocycles. The molecular weight excluding hydrogens is 439 g/mol. The molecule has 1 atom stereocenters. The first kappa shape index (κ1) is 22.7. The number of piperazine rings is 1. The van der Waals surface area contributed by atoms with Crippen molar-refractivity contribution in [1.29, 1.82) is 0 Å². The number of allylic oxidation sites excluding steroid dienone is 3. The summed E-state index contributed by atoms with van der Waals surface area (Å²) in [6, 6.07) is 5.44. The van der Waals surface area contributed by atoms with Gasteiger partial charge in [0, 0.05) is 48.8 Å². The summed E-state index contributed by atoms with van der Waals surface area (Å²) in [5.41, 5.74) is 3.53. The lowest BCUT2D eigenvalue weighted by Crippen LogP contribution is -2.49. The van der Waals surface area contributed by atoms with Gasteiger partial charge in [-0.05, 0) is 30.7 Å². The Balaban J connectivity index is 1.70. The van der Waals surface area contributed by atoms with E-state index in [1.165, 1.54) is 34.6 Å². The summed E-state index contributed by atoms with van der Waals surface area (Å²) in [7, 11) is -3.77. The van der Waals surface area contributed by atoms with Crippen LogP contribution in [-0.2, 0) is 15.6 Å². The van der Waals surface area contributed by atoms with Crippen molar-refractivity contribution in [3.05, 3.63) is 52.6 Å². The van der Waals surface area contributed by atoms with Gasteiger partial charge in [-0.15, -0.1) is 0 Å². The summed E-state index contributed by atoms with van der Waals surface area (Å²) in [5.74, 6) is 0. The Morgan fingerprint density at radius 3 is 2.20 bits per heavy atom. The SMILES string of the molecule is C[C@](O)(c1ccc(N2CCN(S(=O)(=O)C3=CC(N)=CCC3=S)CC2)cc1)C(F)(F)F. The standard InChI is InChI=1S/C19H22F3N3O3S2/c1-18(26,19(20,21)22)13-2-5-15(6-3-13)24-8-10-25(11-9-24)30(27,28)17-12-14(23)4-7-16(17)29/h2-6,12,26H,7-11,23H2,1H3/t18-/m0/s1. The van der Waals surface area contributed by atoms with E-state index in [9.17, 15) is 26.7 Å². The Labute approximate surface area is 178 Å². The number of halogens is 3. The Bertz CT molecular complexity index is 992. The highest BCUT2D eigenvalue weighted by Crippen LogP contribution is 2.39. The molecule has 3 N–H and O–H groups in total. The predicted molar refractivity (Wildman–Crippen MR) is 112 cm³/mol. The number of hydrogen-bond acceptors (Lipinski definition) is 6. The summed E-state index contributed by atoms with van der Waals surface area (Å²) in [4.78, 5) is 2.24. The fourth-order valence-corrected chi connectivity index (χ4v) is 5.34. The van der Waals surface area contributed by atoms with E-state index in [1.54, 1.807) is 6.08 Å². The summed E-state index contributed by atoms with van der Waals surface area (Å²) in [6.45, 7) is 1.83. The zero-order valence-electron chi connectivity index (χ0n) is 16.2. The molecule has 0 bridgehead atoms. The van der Waals surface area contributed by atoms with Crippen LogP contribution in [0, 0.1) is 0 Å². The minimum atomic E-state index is -4.79. The van der Waals surface area contributed by atoms with Gasteiger partial charge in [-0.1, -0.05) is 30.4 Å². The first-order chi connectivity index (χ1) is 13.8. The highest BCUT2D eigenvalue weighted by Gasteiger charge is 2.51. The van der Waals surface area contributed by atoms with E-state index < -0.39 is 21.8 Å². The van der Waals surface area contributed by atoms with Gasteiger partial charge in [0.2, 0.25) is 10.0 Å². The van der Waals surface area contributed by atoms with Crippen LogP contribution in [0.1, 0.15) is 18.9 Å². The molecular formula is C19H22F3N3O3S2. The fraction of sp³-hybridized carbons (Fsp3) is 0.421. The van der Waals surface area contributed by atoms with Crippen LogP contribution in [0.4, 0.5) is 18.9 Å². The van der Waals surface area contributed by atoms with Gasteiger partial charge in [-0.25, -0.2) is 8.42 Å². The lowest BCUT2D eigenvalue weighted by molar-refractivity contribution is -0.258. The van der Waals surface area contributed by atoms with Crippen molar-refractivity contribution >= 4 is 32.8 Å². The number of thiocarbonyl (C=S) groups is 1. The molecule has 164 valence electrons. The molecule has 11 heteroatoms. The highest BCUT2D eigenvalue weighted by molar-refractivity contribution is 7.96. The molecule has 3 rings (SSSR count). The molecule has 30 heavy (non-hydrogen) atoms. The van der Waals surface area contributed by atoms with Crippen molar-refractivity contribution in [3.8, 4) is 0 Å². The van der Waals surface area contributed by atoms with Crippen LogP contribution in [0.5, 0.6) is 0 Å². The number of anilines is 1. The van der Waals surface area contributed by atoms with Crippen molar-refractivity contribution in [2.24, 2.45) is 5.73 Å². The largest absolute Gasteiger partial charge is 0.421 e. The maximum absolute atomic E-state index is 13.0. The quantitative estimate of drug-likeness (QED) is 0.670. The Hall–Kier alpha value is -1.95. The van der Waals surface area contributed by atoms with Gasteiger partial charge in [-0.2, -0.15) is 17.5 Å². The van der Waals surface area contributed by atoms with E-state index in [0.717, 1.165) is 0 Å². The van der Waals surface area contributed by atoms with Crippen LogP contribution in [0.15, 0.2) is 47.0 Å². The second-order valence-electron chi connectivity index (χ2n) is 7.35. The second kappa shape index (κ2) is 7.95. The summed E-state index contributed by atoms with van der Waals surface area (Å²) < 4.78 is 66.1. The number of nitrogens with two attached hydrogens (primary N) is 1. The maximum Gasteiger partial charge on any atom is 0.421 e. The third-order valence-electron chi connectivity index (χ3n) is 5.30. The first-order valence-electron chi connectivity index (χ1n) is 9.19. The molecule has 1 saturated heterocycles.